The highest BCUT2D eigenvalue weighted by atomic mass is 32.2. The van der Waals surface area contributed by atoms with E-state index in [0.717, 1.165) is 18.6 Å². The van der Waals surface area contributed by atoms with E-state index in [2.05, 4.69) is 5.10 Å². The Balaban J connectivity index is 1.73. The molecule has 2 heterocycles. The van der Waals surface area contributed by atoms with Crippen LogP contribution in [0.2, 0.25) is 0 Å². The summed E-state index contributed by atoms with van der Waals surface area (Å²) in [7, 11) is -1.33. The molecule has 0 bridgehead atoms. The third-order valence-corrected chi connectivity index (χ3v) is 5.61. The molecular weight excluding hydrogens is 290 g/mol. The van der Waals surface area contributed by atoms with Gasteiger partial charge in [-0.1, -0.05) is 0 Å². The highest BCUT2D eigenvalue weighted by Gasteiger charge is 2.40. The van der Waals surface area contributed by atoms with Crippen molar-refractivity contribution in [1.82, 2.24) is 14.1 Å². The molecule has 1 aromatic heterocycles. The van der Waals surface area contributed by atoms with E-state index in [4.69, 9.17) is 4.74 Å². The molecule has 1 saturated carbocycles. The maximum atomic E-state index is 12.0. The van der Waals surface area contributed by atoms with Crippen molar-refractivity contribution in [3.8, 4) is 0 Å². The number of hydrogen-bond acceptors (Lipinski definition) is 4. The monoisotopic (exact) mass is 313 g/mol. The minimum Gasteiger partial charge on any atom is -0.376 e. The molecule has 3 rings (SSSR count). The molecule has 1 saturated heterocycles. The van der Waals surface area contributed by atoms with Crippen LogP contribution in [0.15, 0.2) is 12.4 Å². The Labute approximate surface area is 126 Å². The molecule has 0 spiro atoms. The molecule has 0 radical (unpaired) electrons. The first kappa shape index (κ1) is 15.0. The molecular formula is C14H23N3O3S. The number of aromatic nitrogens is 2. The van der Waals surface area contributed by atoms with Crippen LogP contribution in [0.3, 0.4) is 0 Å². The van der Waals surface area contributed by atoms with Crippen LogP contribution in [0, 0.1) is 5.92 Å². The van der Waals surface area contributed by atoms with Crippen LogP contribution in [-0.2, 0) is 28.2 Å². The first-order chi connectivity index (χ1) is 9.93. The fourth-order valence-corrected chi connectivity index (χ4v) is 4.14. The van der Waals surface area contributed by atoms with Crippen molar-refractivity contribution in [1.29, 1.82) is 0 Å². The Morgan fingerprint density at radius 3 is 2.71 bits per heavy atom. The Morgan fingerprint density at radius 2 is 2.14 bits per heavy atom. The SMILES string of the molecule is Cn1cc(C[C@@H]2[C@@H](OCC3CC3)CCN2S(C)(=O)=O)cn1. The molecule has 0 N–H and O–H groups in total. The van der Waals surface area contributed by atoms with Crippen LogP contribution in [0.25, 0.3) is 0 Å². The number of nitrogens with zero attached hydrogens (tertiary/aromatic N) is 3. The maximum absolute atomic E-state index is 12.0. The van der Waals surface area contributed by atoms with Crippen LogP contribution in [-0.4, -0.2) is 54.1 Å². The van der Waals surface area contributed by atoms with E-state index in [9.17, 15) is 8.42 Å². The topological polar surface area (TPSA) is 64.4 Å². The first-order valence-corrected chi connectivity index (χ1v) is 9.34. The second-order valence-corrected chi connectivity index (χ2v) is 8.21. The van der Waals surface area contributed by atoms with Gasteiger partial charge in [-0.25, -0.2) is 8.42 Å². The van der Waals surface area contributed by atoms with Gasteiger partial charge in [-0.05, 0) is 37.2 Å². The van der Waals surface area contributed by atoms with Crippen LogP contribution >= 0.6 is 0 Å². The van der Waals surface area contributed by atoms with Crippen LogP contribution in [0.1, 0.15) is 24.8 Å². The van der Waals surface area contributed by atoms with E-state index in [1.807, 2.05) is 13.2 Å². The lowest BCUT2D eigenvalue weighted by Gasteiger charge is -2.26. The molecule has 0 amide bonds. The summed E-state index contributed by atoms with van der Waals surface area (Å²) < 4.78 is 33.3. The molecule has 1 aliphatic heterocycles. The zero-order chi connectivity index (χ0) is 15.0. The Kier molecular flexibility index (Phi) is 4.07. The summed E-state index contributed by atoms with van der Waals surface area (Å²) in [5.74, 6) is 0.691. The van der Waals surface area contributed by atoms with Gasteiger partial charge in [0.25, 0.3) is 0 Å². The zero-order valence-electron chi connectivity index (χ0n) is 12.6. The summed E-state index contributed by atoms with van der Waals surface area (Å²) in [5.41, 5.74) is 1.05. The Hall–Kier alpha value is -0.920. The van der Waals surface area contributed by atoms with Crippen molar-refractivity contribution in [3.05, 3.63) is 18.0 Å². The smallest absolute Gasteiger partial charge is 0.211 e. The summed E-state index contributed by atoms with van der Waals surface area (Å²) in [6.07, 6.45) is 8.97. The van der Waals surface area contributed by atoms with E-state index in [-0.39, 0.29) is 12.1 Å². The number of sulfonamides is 1. The summed E-state index contributed by atoms with van der Waals surface area (Å²) in [4.78, 5) is 0. The Morgan fingerprint density at radius 1 is 1.38 bits per heavy atom. The van der Waals surface area contributed by atoms with Crippen LogP contribution < -0.4 is 0 Å². The van der Waals surface area contributed by atoms with E-state index < -0.39 is 10.0 Å². The van der Waals surface area contributed by atoms with Gasteiger partial charge in [0.05, 0.1) is 24.6 Å². The van der Waals surface area contributed by atoms with E-state index in [1.54, 1.807) is 15.2 Å². The fourth-order valence-electron chi connectivity index (χ4n) is 3.00. The normalized spacial score (nSPS) is 27.3. The van der Waals surface area contributed by atoms with E-state index >= 15 is 0 Å². The first-order valence-electron chi connectivity index (χ1n) is 7.49. The van der Waals surface area contributed by atoms with Crippen LogP contribution in [0.5, 0.6) is 0 Å². The molecule has 0 aromatic carbocycles. The molecule has 2 fully saturated rings. The predicted molar refractivity (Wildman–Crippen MR) is 79.3 cm³/mol. The second kappa shape index (κ2) is 5.70. The third kappa shape index (κ3) is 3.64. The molecule has 6 nitrogen and oxygen atoms in total. The number of hydrogen-bond donors (Lipinski definition) is 0. The Bertz CT molecular complexity index is 594. The molecule has 2 aliphatic rings. The van der Waals surface area contributed by atoms with Gasteiger partial charge in [-0.3, -0.25) is 4.68 Å². The highest BCUT2D eigenvalue weighted by molar-refractivity contribution is 7.88. The largest absolute Gasteiger partial charge is 0.376 e. The number of aryl methyl sites for hydroxylation is 1. The van der Waals surface area contributed by atoms with Crippen molar-refractivity contribution >= 4 is 10.0 Å². The van der Waals surface area contributed by atoms with Gasteiger partial charge in [-0.2, -0.15) is 9.40 Å². The lowest BCUT2D eigenvalue weighted by atomic mass is 10.1. The zero-order valence-corrected chi connectivity index (χ0v) is 13.4. The van der Waals surface area contributed by atoms with E-state index in [0.29, 0.717) is 18.9 Å². The fraction of sp³-hybridized carbons (Fsp3) is 0.786. The van der Waals surface area contributed by atoms with Crippen molar-refractivity contribution in [2.24, 2.45) is 13.0 Å². The molecule has 0 unspecified atom stereocenters. The van der Waals surface area contributed by atoms with Gasteiger partial charge in [0.15, 0.2) is 0 Å². The molecule has 1 aromatic rings. The van der Waals surface area contributed by atoms with Crippen molar-refractivity contribution in [2.75, 3.05) is 19.4 Å². The summed E-state index contributed by atoms with van der Waals surface area (Å²) >= 11 is 0. The average Bonchev–Trinajstić information content (AvgIpc) is 3.00. The number of ether oxygens (including phenoxy) is 1. The predicted octanol–water partition coefficient (Wildman–Crippen LogP) is 0.792. The van der Waals surface area contributed by atoms with Crippen molar-refractivity contribution < 1.29 is 13.2 Å². The second-order valence-electron chi connectivity index (χ2n) is 6.27. The van der Waals surface area contributed by atoms with Gasteiger partial charge in [0, 0.05) is 26.4 Å². The number of rotatable bonds is 6. The highest BCUT2D eigenvalue weighted by Crippen LogP contribution is 2.32. The standard InChI is InChI=1S/C14H23N3O3S/c1-16-9-12(8-15-16)7-13-14(20-10-11-3-4-11)5-6-17(13)21(2,18)19/h8-9,11,13-14H,3-7,10H2,1-2H3/t13-,14+/m1/s1. The van der Waals surface area contributed by atoms with Gasteiger partial charge >= 0.3 is 0 Å². The van der Waals surface area contributed by atoms with Crippen molar-refractivity contribution in [3.63, 3.8) is 0 Å². The minimum atomic E-state index is -3.19. The molecule has 118 valence electrons. The average molecular weight is 313 g/mol. The van der Waals surface area contributed by atoms with Gasteiger partial charge < -0.3 is 4.74 Å². The molecule has 2 atom stereocenters. The summed E-state index contributed by atoms with van der Waals surface area (Å²) in [6.45, 7) is 1.32. The molecule has 1 aliphatic carbocycles. The molecule has 7 heteroatoms. The summed E-state index contributed by atoms with van der Waals surface area (Å²) in [6, 6.07) is -0.108. The van der Waals surface area contributed by atoms with Gasteiger partial charge in [0.2, 0.25) is 10.0 Å². The third-order valence-electron chi connectivity index (χ3n) is 4.31. The van der Waals surface area contributed by atoms with E-state index in [1.165, 1.54) is 19.1 Å². The summed E-state index contributed by atoms with van der Waals surface area (Å²) in [5, 5.41) is 4.16. The lowest BCUT2D eigenvalue weighted by Crippen LogP contribution is -2.41. The maximum Gasteiger partial charge on any atom is 0.211 e. The molecule has 21 heavy (non-hydrogen) atoms. The van der Waals surface area contributed by atoms with Crippen molar-refractivity contribution in [2.45, 2.75) is 37.8 Å². The van der Waals surface area contributed by atoms with Crippen LogP contribution in [0.4, 0.5) is 0 Å². The quantitative estimate of drug-likeness (QED) is 0.779. The van der Waals surface area contributed by atoms with Gasteiger partial charge in [-0.15, -0.1) is 0 Å². The minimum absolute atomic E-state index is 0.000492. The van der Waals surface area contributed by atoms with Gasteiger partial charge in [0.1, 0.15) is 0 Å². The lowest BCUT2D eigenvalue weighted by molar-refractivity contribution is 0.0306.